The molecule has 0 radical (unpaired) electrons. The molecule has 4 nitrogen and oxygen atoms in total. The van der Waals surface area contributed by atoms with Gasteiger partial charge < -0.3 is 4.74 Å². The number of aryl methyl sites for hydroxylation is 1. The minimum atomic E-state index is -0.221. The van der Waals surface area contributed by atoms with Crippen LogP contribution in [0, 0.1) is 6.92 Å². The lowest BCUT2D eigenvalue weighted by atomic mass is 9.96. The molecule has 0 aromatic carbocycles. The summed E-state index contributed by atoms with van der Waals surface area (Å²) in [6.07, 6.45) is 7.39. The number of nitrogens with one attached hydrogen (secondary N) is 1. The summed E-state index contributed by atoms with van der Waals surface area (Å²) in [6.45, 7) is 7.18. The summed E-state index contributed by atoms with van der Waals surface area (Å²) in [5, 5.41) is 7.27. The molecule has 1 saturated carbocycles. The van der Waals surface area contributed by atoms with E-state index in [1.165, 1.54) is 31.2 Å². The van der Waals surface area contributed by atoms with Gasteiger partial charge in [-0.2, -0.15) is 5.10 Å². The molecule has 0 amide bonds. The van der Waals surface area contributed by atoms with E-state index >= 15 is 0 Å². The summed E-state index contributed by atoms with van der Waals surface area (Å²) in [5.74, 6) is 0. The first-order chi connectivity index (χ1) is 8.69. The van der Waals surface area contributed by atoms with Gasteiger partial charge in [-0.3, -0.25) is 10.00 Å². The molecular formula is C14H23N3O. The lowest BCUT2D eigenvalue weighted by Crippen LogP contribution is -2.51. The van der Waals surface area contributed by atoms with Gasteiger partial charge in [0.1, 0.15) is 5.60 Å². The Labute approximate surface area is 109 Å². The van der Waals surface area contributed by atoms with E-state index in [0.29, 0.717) is 0 Å². The van der Waals surface area contributed by atoms with Crippen LogP contribution in [0.3, 0.4) is 0 Å². The second kappa shape index (κ2) is 4.67. The van der Waals surface area contributed by atoms with Crippen molar-refractivity contribution in [3.63, 3.8) is 0 Å². The Balaban J connectivity index is 1.78. The number of morpholine rings is 1. The van der Waals surface area contributed by atoms with Gasteiger partial charge in [0, 0.05) is 19.1 Å². The quantitative estimate of drug-likeness (QED) is 0.873. The van der Waals surface area contributed by atoms with E-state index in [1.807, 2.05) is 6.20 Å². The van der Waals surface area contributed by atoms with Crippen molar-refractivity contribution >= 4 is 0 Å². The van der Waals surface area contributed by atoms with E-state index in [0.717, 1.165) is 31.4 Å². The minimum absolute atomic E-state index is 0.221. The second-order valence-electron chi connectivity index (χ2n) is 5.92. The number of nitrogens with zero attached hydrogens (tertiary/aromatic N) is 2. The third kappa shape index (κ3) is 2.08. The van der Waals surface area contributed by atoms with Gasteiger partial charge in [-0.05, 0) is 32.3 Å². The summed E-state index contributed by atoms with van der Waals surface area (Å²) in [4.78, 5) is 2.62. The van der Waals surface area contributed by atoms with Crippen LogP contribution < -0.4 is 0 Å². The van der Waals surface area contributed by atoms with Crippen LogP contribution in [0.5, 0.6) is 0 Å². The van der Waals surface area contributed by atoms with E-state index in [9.17, 15) is 0 Å². The molecular weight excluding hydrogens is 226 g/mol. The standard InChI is InChI=1S/C14H23N3O/c1-11-9-15-16-13(11)14(2)10-17(7-8-18-14)12-5-3-4-6-12/h9,12H,3-8,10H2,1-2H3,(H,15,16)/t14-/m0/s1. The molecule has 0 unspecified atom stereocenters. The third-order valence-corrected chi connectivity index (χ3v) is 4.50. The molecule has 1 aliphatic carbocycles. The third-order valence-electron chi connectivity index (χ3n) is 4.50. The summed E-state index contributed by atoms with van der Waals surface area (Å²) >= 11 is 0. The molecule has 3 rings (SSSR count). The molecule has 2 fully saturated rings. The highest BCUT2D eigenvalue weighted by Crippen LogP contribution is 2.33. The van der Waals surface area contributed by atoms with E-state index in [-0.39, 0.29) is 5.60 Å². The maximum atomic E-state index is 6.07. The average Bonchev–Trinajstić information content (AvgIpc) is 2.99. The molecule has 1 aliphatic heterocycles. The smallest absolute Gasteiger partial charge is 0.119 e. The molecule has 1 N–H and O–H groups in total. The maximum absolute atomic E-state index is 6.07. The van der Waals surface area contributed by atoms with Gasteiger partial charge in [0.15, 0.2) is 0 Å². The van der Waals surface area contributed by atoms with E-state index in [4.69, 9.17) is 4.74 Å². The van der Waals surface area contributed by atoms with E-state index in [1.54, 1.807) is 0 Å². The van der Waals surface area contributed by atoms with Crippen LogP contribution in [0.25, 0.3) is 0 Å². The van der Waals surface area contributed by atoms with Gasteiger partial charge in [0.2, 0.25) is 0 Å². The maximum Gasteiger partial charge on any atom is 0.119 e. The molecule has 1 saturated heterocycles. The monoisotopic (exact) mass is 249 g/mol. The number of aromatic amines is 1. The van der Waals surface area contributed by atoms with Gasteiger partial charge >= 0.3 is 0 Å². The van der Waals surface area contributed by atoms with Crippen molar-refractivity contribution in [2.24, 2.45) is 0 Å². The van der Waals surface area contributed by atoms with Crippen molar-refractivity contribution in [2.75, 3.05) is 19.7 Å². The first-order valence-corrected chi connectivity index (χ1v) is 7.07. The number of ether oxygens (including phenoxy) is 1. The summed E-state index contributed by atoms with van der Waals surface area (Å²) in [5.41, 5.74) is 2.12. The van der Waals surface area contributed by atoms with Crippen molar-refractivity contribution in [2.45, 2.75) is 51.2 Å². The number of hydrogen-bond acceptors (Lipinski definition) is 3. The number of aromatic nitrogens is 2. The van der Waals surface area contributed by atoms with Crippen LogP contribution in [0.1, 0.15) is 43.9 Å². The van der Waals surface area contributed by atoms with E-state index < -0.39 is 0 Å². The van der Waals surface area contributed by atoms with Crippen molar-refractivity contribution in [1.82, 2.24) is 15.1 Å². The van der Waals surface area contributed by atoms with Crippen molar-refractivity contribution in [1.29, 1.82) is 0 Å². The Kier molecular flexibility index (Phi) is 3.16. The summed E-state index contributed by atoms with van der Waals surface area (Å²) < 4.78 is 6.07. The summed E-state index contributed by atoms with van der Waals surface area (Å²) in [7, 11) is 0. The fraction of sp³-hybridized carbons (Fsp3) is 0.786. The first-order valence-electron chi connectivity index (χ1n) is 7.07. The Hall–Kier alpha value is -0.870. The zero-order chi connectivity index (χ0) is 12.6. The fourth-order valence-corrected chi connectivity index (χ4v) is 3.51. The van der Waals surface area contributed by atoms with Crippen LogP contribution in [0.4, 0.5) is 0 Å². The molecule has 100 valence electrons. The molecule has 4 heteroatoms. The first kappa shape index (κ1) is 12.2. The topological polar surface area (TPSA) is 41.2 Å². The van der Waals surface area contributed by atoms with Crippen LogP contribution in [-0.2, 0) is 10.3 Å². The SMILES string of the molecule is Cc1cn[nH]c1[C@]1(C)CN(C2CCCC2)CCO1. The Morgan fingerprint density at radius 2 is 2.22 bits per heavy atom. The van der Waals surface area contributed by atoms with Gasteiger partial charge in [-0.25, -0.2) is 0 Å². The van der Waals surface area contributed by atoms with E-state index in [2.05, 4.69) is 28.9 Å². The van der Waals surface area contributed by atoms with Crippen LogP contribution in [0.2, 0.25) is 0 Å². The predicted molar refractivity (Wildman–Crippen MR) is 70.5 cm³/mol. The highest BCUT2D eigenvalue weighted by molar-refractivity contribution is 5.22. The normalized spacial score (nSPS) is 31.0. The average molecular weight is 249 g/mol. The van der Waals surface area contributed by atoms with Crippen LogP contribution in [0.15, 0.2) is 6.20 Å². The Morgan fingerprint density at radius 3 is 2.89 bits per heavy atom. The molecule has 1 atom stereocenters. The molecule has 1 aromatic rings. The molecule has 1 aromatic heterocycles. The molecule has 0 spiro atoms. The van der Waals surface area contributed by atoms with Gasteiger partial charge in [0.05, 0.1) is 18.5 Å². The highest BCUT2D eigenvalue weighted by Gasteiger charge is 2.38. The zero-order valence-corrected chi connectivity index (χ0v) is 11.4. The molecule has 2 heterocycles. The van der Waals surface area contributed by atoms with Gasteiger partial charge in [-0.1, -0.05) is 12.8 Å². The van der Waals surface area contributed by atoms with Crippen molar-refractivity contribution in [3.8, 4) is 0 Å². The van der Waals surface area contributed by atoms with Crippen LogP contribution >= 0.6 is 0 Å². The van der Waals surface area contributed by atoms with Crippen molar-refractivity contribution < 1.29 is 4.74 Å². The Bertz CT molecular complexity index is 411. The minimum Gasteiger partial charge on any atom is -0.366 e. The fourth-order valence-electron chi connectivity index (χ4n) is 3.51. The molecule has 2 aliphatic rings. The number of rotatable bonds is 2. The van der Waals surface area contributed by atoms with Crippen molar-refractivity contribution in [3.05, 3.63) is 17.5 Å². The lowest BCUT2D eigenvalue weighted by molar-refractivity contribution is -0.115. The Morgan fingerprint density at radius 1 is 1.44 bits per heavy atom. The largest absolute Gasteiger partial charge is 0.366 e. The summed E-state index contributed by atoms with van der Waals surface area (Å²) in [6, 6.07) is 0.774. The highest BCUT2D eigenvalue weighted by atomic mass is 16.5. The predicted octanol–water partition coefficient (Wildman–Crippen LogP) is 2.21. The lowest BCUT2D eigenvalue weighted by Gasteiger charge is -2.42. The number of H-pyrrole nitrogens is 1. The second-order valence-corrected chi connectivity index (χ2v) is 5.92. The van der Waals surface area contributed by atoms with Gasteiger partial charge in [-0.15, -0.1) is 0 Å². The molecule has 0 bridgehead atoms. The zero-order valence-electron chi connectivity index (χ0n) is 11.4. The number of hydrogen-bond donors (Lipinski definition) is 1. The van der Waals surface area contributed by atoms with Crippen LogP contribution in [-0.4, -0.2) is 40.8 Å². The molecule has 18 heavy (non-hydrogen) atoms. The van der Waals surface area contributed by atoms with Gasteiger partial charge in [0.25, 0.3) is 0 Å².